The van der Waals surface area contributed by atoms with Crippen molar-refractivity contribution in [3.05, 3.63) is 29.8 Å². The smallest absolute Gasteiger partial charge is 0.182 e. The fraction of sp³-hybridized carbons (Fsp3) is 0.364. The van der Waals surface area contributed by atoms with Gasteiger partial charge in [-0.3, -0.25) is 0 Å². The lowest BCUT2D eigenvalue weighted by Gasteiger charge is -2.02. The number of tetrazole rings is 1. The Kier molecular flexibility index (Phi) is 1.80. The van der Waals surface area contributed by atoms with Crippen LogP contribution in [0.15, 0.2) is 24.3 Å². The topological polar surface area (TPSA) is 43.6 Å². The van der Waals surface area contributed by atoms with Gasteiger partial charge in [-0.2, -0.15) is 0 Å². The molecule has 0 atom stereocenters. The Bertz CT molecular complexity index is 485. The van der Waals surface area contributed by atoms with E-state index in [0.29, 0.717) is 6.04 Å². The third-order valence-electron chi connectivity index (χ3n) is 2.66. The van der Waals surface area contributed by atoms with Crippen LogP contribution >= 0.6 is 0 Å². The molecule has 4 nitrogen and oxygen atoms in total. The van der Waals surface area contributed by atoms with Gasteiger partial charge in [0.05, 0.1) is 6.04 Å². The second-order valence-electron chi connectivity index (χ2n) is 4.05. The van der Waals surface area contributed by atoms with Gasteiger partial charge in [0, 0.05) is 5.56 Å². The summed E-state index contributed by atoms with van der Waals surface area (Å²) < 4.78 is 1.94. The maximum absolute atomic E-state index is 4.09. The van der Waals surface area contributed by atoms with Crippen LogP contribution in [0.1, 0.15) is 24.4 Å². The van der Waals surface area contributed by atoms with Gasteiger partial charge in [-0.1, -0.05) is 23.8 Å². The molecule has 0 saturated heterocycles. The normalized spacial score (nSPS) is 15.5. The van der Waals surface area contributed by atoms with Crippen molar-refractivity contribution in [2.45, 2.75) is 25.8 Å². The Morgan fingerprint density at radius 1 is 1.33 bits per heavy atom. The fourth-order valence-electron chi connectivity index (χ4n) is 1.73. The highest BCUT2D eigenvalue weighted by atomic mass is 15.6. The van der Waals surface area contributed by atoms with E-state index >= 15 is 0 Å². The van der Waals surface area contributed by atoms with Gasteiger partial charge in [-0.25, -0.2) is 4.68 Å². The molecule has 15 heavy (non-hydrogen) atoms. The van der Waals surface area contributed by atoms with Crippen molar-refractivity contribution in [1.82, 2.24) is 20.2 Å². The first-order chi connectivity index (χ1) is 7.34. The van der Waals surface area contributed by atoms with Gasteiger partial charge in [0.2, 0.25) is 0 Å². The lowest BCUT2D eigenvalue weighted by Crippen LogP contribution is -1.99. The highest BCUT2D eigenvalue weighted by Crippen LogP contribution is 2.36. The Balaban J connectivity index is 2.07. The van der Waals surface area contributed by atoms with Gasteiger partial charge < -0.3 is 0 Å². The van der Waals surface area contributed by atoms with Crippen molar-refractivity contribution >= 4 is 0 Å². The summed E-state index contributed by atoms with van der Waals surface area (Å²) in [7, 11) is 0. The van der Waals surface area contributed by atoms with Gasteiger partial charge in [-0.05, 0) is 36.3 Å². The first-order valence-corrected chi connectivity index (χ1v) is 5.19. The quantitative estimate of drug-likeness (QED) is 0.744. The molecule has 0 aliphatic heterocycles. The Labute approximate surface area is 87.9 Å². The van der Waals surface area contributed by atoms with E-state index in [1.165, 1.54) is 18.4 Å². The standard InChI is InChI=1S/C11H12N4/c1-8-3-2-4-9(7-8)11-12-13-14-15(11)10-5-6-10/h2-4,7,10H,5-6H2,1H3. The monoisotopic (exact) mass is 200 g/mol. The molecule has 1 saturated carbocycles. The number of hydrogen-bond donors (Lipinski definition) is 0. The fourth-order valence-corrected chi connectivity index (χ4v) is 1.73. The summed E-state index contributed by atoms with van der Waals surface area (Å²) in [5.74, 6) is 0.890. The molecule has 76 valence electrons. The third kappa shape index (κ3) is 1.52. The Hall–Kier alpha value is -1.71. The molecule has 1 aromatic heterocycles. The molecule has 0 bridgehead atoms. The first-order valence-electron chi connectivity index (χ1n) is 5.19. The van der Waals surface area contributed by atoms with E-state index in [0.717, 1.165) is 11.4 Å². The number of rotatable bonds is 2. The average Bonchev–Trinajstić information content (AvgIpc) is 2.96. The van der Waals surface area contributed by atoms with E-state index in [9.17, 15) is 0 Å². The molecule has 1 fully saturated rings. The van der Waals surface area contributed by atoms with Crippen LogP contribution in [0.3, 0.4) is 0 Å². The molecule has 0 radical (unpaired) electrons. The van der Waals surface area contributed by atoms with Crippen LogP contribution in [-0.2, 0) is 0 Å². The summed E-state index contributed by atoms with van der Waals surface area (Å²) in [4.78, 5) is 0. The highest BCUT2D eigenvalue weighted by Gasteiger charge is 2.28. The molecular formula is C11H12N4. The van der Waals surface area contributed by atoms with Crippen LogP contribution in [0.4, 0.5) is 0 Å². The summed E-state index contributed by atoms with van der Waals surface area (Å²) in [5, 5.41) is 11.9. The lowest BCUT2D eigenvalue weighted by atomic mass is 10.1. The van der Waals surface area contributed by atoms with Crippen LogP contribution in [0.2, 0.25) is 0 Å². The zero-order chi connectivity index (χ0) is 10.3. The molecular weight excluding hydrogens is 188 g/mol. The SMILES string of the molecule is Cc1cccc(-c2nnnn2C2CC2)c1. The van der Waals surface area contributed by atoms with Crippen molar-refractivity contribution in [2.24, 2.45) is 0 Å². The van der Waals surface area contributed by atoms with Crippen molar-refractivity contribution in [1.29, 1.82) is 0 Å². The average molecular weight is 200 g/mol. The number of benzene rings is 1. The van der Waals surface area contributed by atoms with E-state index in [4.69, 9.17) is 0 Å². The predicted molar refractivity (Wildman–Crippen MR) is 56.3 cm³/mol. The van der Waals surface area contributed by atoms with E-state index in [-0.39, 0.29) is 0 Å². The second-order valence-corrected chi connectivity index (χ2v) is 4.05. The maximum atomic E-state index is 4.09. The maximum Gasteiger partial charge on any atom is 0.182 e. The zero-order valence-corrected chi connectivity index (χ0v) is 8.59. The number of hydrogen-bond acceptors (Lipinski definition) is 3. The van der Waals surface area contributed by atoms with Crippen molar-refractivity contribution < 1.29 is 0 Å². The van der Waals surface area contributed by atoms with Gasteiger partial charge in [0.25, 0.3) is 0 Å². The summed E-state index contributed by atoms with van der Waals surface area (Å²) in [6, 6.07) is 8.81. The van der Waals surface area contributed by atoms with Gasteiger partial charge >= 0.3 is 0 Å². The summed E-state index contributed by atoms with van der Waals surface area (Å²) in [5.41, 5.74) is 2.34. The van der Waals surface area contributed by atoms with Gasteiger partial charge in [0.1, 0.15) is 0 Å². The van der Waals surface area contributed by atoms with Gasteiger partial charge in [0.15, 0.2) is 5.82 Å². The van der Waals surface area contributed by atoms with Gasteiger partial charge in [-0.15, -0.1) is 5.10 Å². The summed E-state index contributed by atoms with van der Waals surface area (Å²) in [6.45, 7) is 2.08. The minimum atomic E-state index is 0.524. The predicted octanol–water partition coefficient (Wildman–Crippen LogP) is 1.98. The summed E-state index contributed by atoms with van der Waals surface area (Å²) >= 11 is 0. The molecule has 1 aliphatic rings. The molecule has 3 rings (SSSR count). The minimum Gasteiger partial charge on any atom is -0.222 e. The van der Waals surface area contributed by atoms with Crippen LogP contribution in [0.5, 0.6) is 0 Å². The third-order valence-corrected chi connectivity index (χ3v) is 2.66. The zero-order valence-electron chi connectivity index (χ0n) is 8.59. The molecule has 2 aromatic rings. The molecule has 0 spiro atoms. The van der Waals surface area contributed by atoms with Crippen LogP contribution in [0.25, 0.3) is 11.4 Å². The highest BCUT2D eigenvalue weighted by molar-refractivity contribution is 5.55. The first kappa shape index (κ1) is 8.59. The molecule has 0 unspecified atom stereocenters. The van der Waals surface area contributed by atoms with E-state index < -0.39 is 0 Å². The number of aromatic nitrogens is 4. The van der Waals surface area contributed by atoms with E-state index in [1.807, 2.05) is 10.7 Å². The minimum absolute atomic E-state index is 0.524. The van der Waals surface area contributed by atoms with Crippen molar-refractivity contribution in [3.8, 4) is 11.4 Å². The van der Waals surface area contributed by atoms with E-state index in [2.05, 4.69) is 40.6 Å². The van der Waals surface area contributed by atoms with Crippen molar-refractivity contribution in [2.75, 3.05) is 0 Å². The second kappa shape index (κ2) is 3.15. The number of nitrogens with zero attached hydrogens (tertiary/aromatic N) is 4. The molecule has 4 heteroatoms. The molecule has 0 N–H and O–H groups in total. The van der Waals surface area contributed by atoms with Crippen LogP contribution < -0.4 is 0 Å². The molecule has 1 aliphatic carbocycles. The Morgan fingerprint density at radius 3 is 2.93 bits per heavy atom. The van der Waals surface area contributed by atoms with Crippen LogP contribution in [-0.4, -0.2) is 20.2 Å². The molecule has 0 amide bonds. The van der Waals surface area contributed by atoms with Crippen LogP contribution in [0, 0.1) is 6.92 Å². The summed E-state index contributed by atoms with van der Waals surface area (Å²) in [6.07, 6.45) is 2.40. The largest absolute Gasteiger partial charge is 0.222 e. The molecule has 1 heterocycles. The van der Waals surface area contributed by atoms with E-state index in [1.54, 1.807) is 0 Å². The van der Waals surface area contributed by atoms with Crippen molar-refractivity contribution in [3.63, 3.8) is 0 Å². The number of aryl methyl sites for hydroxylation is 1. The molecule has 1 aromatic carbocycles. The lowest BCUT2D eigenvalue weighted by molar-refractivity contribution is 0.615. The Morgan fingerprint density at radius 2 is 2.20 bits per heavy atom.